The highest BCUT2D eigenvalue weighted by Gasteiger charge is 2.21. The minimum atomic E-state index is 0.115. The molecule has 0 atom stereocenters. The SMILES string of the molecule is O=c1c2ccccc2oc2cccc(C3CCCC3)c12. The van der Waals surface area contributed by atoms with Gasteiger partial charge in [-0.05, 0) is 42.5 Å². The highest BCUT2D eigenvalue weighted by atomic mass is 16.3. The molecule has 1 fully saturated rings. The Kier molecular flexibility index (Phi) is 2.62. The summed E-state index contributed by atoms with van der Waals surface area (Å²) in [5.41, 5.74) is 2.69. The molecule has 20 heavy (non-hydrogen) atoms. The first-order valence-electron chi connectivity index (χ1n) is 7.29. The minimum Gasteiger partial charge on any atom is -0.456 e. The molecule has 0 bridgehead atoms. The van der Waals surface area contributed by atoms with Crippen LogP contribution in [-0.2, 0) is 0 Å². The van der Waals surface area contributed by atoms with E-state index in [2.05, 4.69) is 6.07 Å². The average molecular weight is 264 g/mol. The van der Waals surface area contributed by atoms with Crippen molar-refractivity contribution in [2.45, 2.75) is 31.6 Å². The molecule has 0 amide bonds. The predicted octanol–water partition coefficient (Wildman–Crippen LogP) is 4.60. The summed E-state index contributed by atoms with van der Waals surface area (Å²) in [6.45, 7) is 0. The highest BCUT2D eigenvalue weighted by molar-refractivity contribution is 5.91. The van der Waals surface area contributed by atoms with Gasteiger partial charge in [0, 0.05) is 0 Å². The van der Waals surface area contributed by atoms with E-state index < -0.39 is 0 Å². The maximum Gasteiger partial charge on any atom is 0.200 e. The Morgan fingerprint density at radius 2 is 1.65 bits per heavy atom. The second-order valence-corrected chi connectivity index (χ2v) is 5.63. The fraction of sp³-hybridized carbons (Fsp3) is 0.278. The number of para-hydroxylation sites is 1. The van der Waals surface area contributed by atoms with Gasteiger partial charge in [0.2, 0.25) is 5.43 Å². The van der Waals surface area contributed by atoms with Crippen LogP contribution >= 0.6 is 0 Å². The molecule has 2 aromatic carbocycles. The molecule has 0 saturated heterocycles. The van der Waals surface area contributed by atoms with Gasteiger partial charge < -0.3 is 4.42 Å². The molecule has 1 aliphatic rings. The zero-order valence-corrected chi connectivity index (χ0v) is 11.3. The lowest BCUT2D eigenvalue weighted by atomic mass is 9.93. The summed E-state index contributed by atoms with van der Waals surface area (Å²) in [6.07, 6.45) is 4.90. The number of hydrogen-bond acceptors (Lipinski definition) is 2. The maximum absolute atomic E-state index is 12.8. The first-order valence-corrected chi connectivity index (χ1v) is 7.29. The van der Waals surface area contributed by atoms with Gasteiger partial charge in [0.1, 0.15) is 11.2 Å². The van der Waals surface area contributed by atoms with E-state index in [9.17, 15) is 4.79 Å². The Hall–Kier alpha value is -2.09. The van der Waals surface area contributed by atoms with E-state index in [1.165, 1.54) is 31.2 Å². The van der Waals surface area contributed by atoms with Crippen molar-refractivity contribution in [3.8, 4) is 0 Å². The van der Waals surface area contributed by atoms with Crippen molar-refractivity contribution in [2.75, 3.05) is 0 Å². The Morgan fingerprint density at radius 3 is 2.50 bits per heavy atom. The molecule has 0 radical (unpaired) electrons. The minimum absolute atomic E-state index is 0.115. The van der Waals surface area contributed by atoms with Crippen LogP contribution in [0.25, 0.3) is 21.9 Å². The van der Waals surface area contributed by atoms with Crippen LogP contribution in [0.4, 0.5) is 0 Å². The quantitative estimate of drug-likeness (QED) is 0.601. The van der Waals surface area contributed by atoms with Crippen molar-refractivity contribution >= 4 is 21.9 Å². The summed E-state index contributed by atoms with van der Waals surface area (Å²) in [4.78, 5) is 12.8. The van der Waals surface area contributed by atoms with E-state index in [0.29, 0.717) is 16.9 Å². The summed E-state index contributed by atoms with van der Waals surface area (Å²) >= 11 is 0. The van der Waals surface area contributed by atoms with E-state index in [0.717, 1.165) is 11.0 Å². The molecule has 100 valence electrons. The summed E-state index contributed by atoms with van der Waals surface area (Å²) in [6, 6.07) is 13.5. The van der Waals surface area contributed by atoms with Crippen LogP contribution in [0.3, 0.4) is 0 Å². The molecule has 0 unspecified atom stereocenters. The molecule has 0 N–H and O–H groups in total. The lowest BCUT2D eigenvalue weighted by molar-refractivity contribution is 0.656. The predicted molar refractivity (Wildman–Crippen MR) is 81.2 cm³/mol. The van der Waals surface area contributed by atoms with Crippen molar-refractivity contribution in [2.24, 2.45) is 0 Å². The number of hydrogen-bond donors (Lipinski definition) is 0. The second kappa shape index (κ2) is 4.48. The number of fused-ring (bicyclic) bond motifs is 2. The Morgan fingerprint density at radius 1 is 0.900 bits per heavy atom. The normalized spacial score (nSPS) is 16.2. The van der Waals surface area contributed by atoms with Crippen molar-refractivity contribution in [3.05, 3.63) is 58.3 Å². The highest BCUT2D eigenvalue weighted by Crippen LogP contribution is 2.37. The lowest BCUT2D eigenvalue weighted by Gasteiger charge is -2.12. The molecule has 1 aliphatic carbocycles. The van der Waals surface area contributed by atoms with Crippen molar-refractivity contribution in [1.82, 2.24) is 0 Å². The van der Waals surface area contributed by atoms with E-state index >= 15 is 0 Å². The van der Waals surface area contributed by atoms with Crippen LogP contribution in [0.5, 0.6) is 0 Å². The molecule has 0 aliphatic heterocycles. The first-order chi connectivity index (χ1) is 9.84. The molecule has 2 nitrogen and oxygen atoms in total. The lowest BCUT2D eigenvalue weighted by Crippen LogP contribution is -2.07. The van der Waals surface area contributed by atoms with Gasteiger partial charge in [0.05, 0.1) is 10.8 Å². The Bertz CT molecular complexity index is 839. The summed E-state index contributed by atoms with van der Waals surface area (Å²) in [7, 11) is 0. The summed E-state index contributed by atoms with van der Waals surface area (Å²) in [5.74, 6) is 0.516. The van der Waals surface area contributed by atoms with Crippen molar-refractivity contribution in [1.29, 1.82) is 0 Å². The molecular weight excluding hydrogens is 248 g/mol. The summed E-state index contributed by atoms with van der Waals surface area (Å²) < 4.78 is 5.93. The van der Waals surface area contributed by atoms with Crippen LogP contribution < -0.4 is 5.43 Å². The molecule has 0 spiro atoms. The molecule has 2 heteroatoms. The van der Waals surface area contributed by atoms with Gasteiger partial charge >= 0.3 is 0 Å². The third-order valence-corrected chi connectivity index (χ3v) is 4.43. The van der Waals surface area contributed by atoms with Crippen molar-refractivity contribution in [3.63, 3.8) is 0 Å². The standard InChI is InChI=1S/C18H16O2/c19-18-14-8-3-4-10-15(14)20-16-11-5-9-13(17(16)18)12-6-1-2-7-12/h3-5,8-12H,1-2,6-7H2. The van der Waals surface area contributed by atoms with Crippen LogP contribution in [0.15, 0.2) is 51.7 Å². The van der Waals surface area contributed by atoms with E-state index in [-0.39, 0.29) is 5.43 Å². The molecule has 1 saturated carbocycles. The van der Waals surface area contributed by atoms with Crippen LogP contribution in [0, 0.1) is 0 Å². The molecule has 4 rings (SSSR count). The van der Waals surface area contributed by atoms with Crippen molar-refractivity contribution < 1.29 is 4.42 Å². The average Bonchev–Trinajstić information content (AvgIpc) is 3.01. The fourth-order valence-corrected chi connectivity index (χ4v) is 3.45. The maximum atomic E-state index is 12.8. The first kappa shape index (κ1) is 11.7. The van der Waals surface area contributed by atoms with E-state index in [1.807, 2.05) is 36.4 Å². The monoisotopic (exact) mass is 264 g/mol. The third kappa shape index (κ3) is 1.68. The third-order valence-electron chi connectivity index (χ3n) is 4.43. The van der Waals surface area contributed by atoms with Crippen LogP contribution in [0.1, 0.15) is 37.2 Å². The van der Waals surface area contributed by atoms with Gasteiger partial charge in [-0.2, -0.15) is 0 Å². The zero-order chi connectivity index (χ0) is 13.5. The van der Waals surface area contributed by atoms with Crippen LogP contribution in [0.2, 0.25) is 0 Å². The second-order valence-electron chi connectivity index (χ2n) is 5.63. The zero-order valence-electron chi connectivity index (χ0n) is 11.3. The largest absolute Gasteiger partial charge is 0.456 e. The smallest absolute Gasteiger partial charge is 0.200 e. The van der Waals surface area contributed by atoms with Gasteiger partial charge in [-0.15, -0.1) is 0 Å². The Balaban J connectivity index is 2.11. The van der Waals surface area contributed by atoms with E-state index in [1.54, 1.807) is 0 Å². The van der Waals surface area contributed by atoms with Gasteiger partial charge in [0.25, 0.3) is 0 Å². The van der Waals surface area contributed by atoms with Gasteiger partial charge in [0.15, 0.2) is 0 Å². The molecular formula is C18H16O2. The van der Waals surface area contributed by atoms with Gasteiger partial charge in [-0.3, -0.25) is 4.79 Å². The number of benzene rings is 2. The number of rotatable bonds is 1. The molecule has 1 heterocycles. The Labute approximate surface area is 117 Å². The van der Waals surface area contributed by atoms with Crippen LogP contribution in [-0.4, -0.2) is 0 Å². The topological polar surface area (TPSA) is 30.2 Å². The van der Waals surface area contributed by atoms with Gasteiger partial charge in [-0.25, -0.2) is 0 Å². The summed E-state index contributed by atoms with van der Waals surface area (Å²) in [5, 5.41) is 1.48. The molecule has 3 aromatic rings. The fourth-order valence-electron chi connectivity index (χ4n) is 3.45. The molecule has 1 aromatic heterocycles. The van der Waals surface area contributed by atoms with Gasteiger partial charge in [-0.1, -0.05) is 37.1 Å². The van der Waals surface area contributed by atoms with E-state index in [4.69, 9.17) is 4.42 Å².